The third-order valence-electron chi connectivity index (χ3n) is 4.56. The van der Waals surface area contributed by atoms with Crippen molar-refractivity contribution in [1.82, 2.24) is 9.62 Å². The van der Waals surface area contributed by atoms with E-state index in [9.17, 15) is 8.42 Å². The molecule has 1 N–H and O–H groups in total. The van der Waals surface area contributed by atoms with Crippen molar-refractivity contribution in [2.75, 3.05) is 19.6 Å². The summed E-state index contributed by atoms with van der Waals surface area (Å²) >= 11 is 0. The first-order chi connectivity index (χ1) is 11.7. The molecule has 0 amide bonds. The van der Waals surface area contributed by atoms with E-state index in [1.807, 2.05) is 24.3 Å². The standard InChI is InChI=1S/C19H24N2O2S/c22-24(23,19-9-5-2-6-10-19)21-13-11-18(12-14-21)16-20-15-17-7-3-1-4-8-17/h1-10,18,20H,11-16H2. The largest absolute Gasteiger partial charge is 0.312 e. The minimum absolute atomic E-state index is 0.394. The summed E-state index contributed by atoms with van der Waals surface area (Å²) in [7, 11) is -3.34. The zero-order valence-corrected chi connectivity index (χ0v) is 14.6. The molecule has 5 heteroatoms. The molecule has 0 bridgehead atoms. The summed E-state index contributed by atoms with van der Waals surface area (Å²) in [6.07, 6.45) is 1.82. The van der Waals surface area contributed by atoms with Crippen molar-refractivity contribution >= 4 is 10.0 Å². The number of rotatable bonds is 6. The van der Waals surface area contributed by atoms with Crippen molar-refractivity contribution in [2.45, 2.75) is 24.3 Å². The van der Waals surface area contributed by atoms with Crippen molar-refractivity contribution in [3.8, 4) is 0 Å². The number of nitrogens with one attached hydrogen (secondary N) is 1. The first-order valence-electron chi connectivity index (χ1n) is 8.46. The van der Waals surface area contributed by atoms with E-state index in [0.717, 1.165) is 25.9 Å². The molecule has 0 radical (unpaired) electrons. The third-order valence-corrected chi connectivity index (χ3v) is 6.47. The van der Waals surface area contributed by atoms with Gasteiger partial charge < -0.3 is 5.32 Å². The van der Waals surface area contributed by atoms with Gasteiger partial charge in [-0.15, -0.1) is 0 Å². The SMILES string of the molecule is O=S(=O)(c1ccccc1)N1CCC(CNCc2ccccc2)CC1. The van der Waals surface area contributed by atoms with Crippen LogP contribution in [0.2, 0.25) is 0 Å². The first kappa shape index (κ1) is 17.1. The molecule has 1 aliphatic heterocycles. The summed E-state index contributed by atoms with van der Waals surface area (Å²) in [6.45, 7) is 3.02. The predicted molar refractivity (Wildman–Crippen MR) is 96.1 cm³/mol. The number of sulfonamides is 1. The maximum atomic E-state index is 12.6. The zero-order chi connectivity index (χ0) is 16.8. The molecule has 0 aliphatic carbocycles. The van der Waals surface area contributed by atoms with Gasteiger partial charge in [0.2, 0.25) is 10.0 Å². The quantitative estimate of drug-likeness (QED) is 0.877. The zero-order valence-electron chi connectivity index (χ0n) is 13.8. The normalized spacial score (nSPS) is 17.0. The van der Waals surface area contributed by atoms with E-state index in [-0.39, 0.29) is 0 Å². The Morgan fingerprint density at radius 1 is 0.917 bits per heavy atom. The van der Waals surface area contributed by atoms with E-state index in [1.165, 1.54) is 5.56 Å². The van der Waals surface area contributed by atoms with Crippen LogP contribution in [0.1, 0.15) is 18.4 Å². The van der Waals surface area contributed by atoms with Crippen LogP contribution in [-0.2, 0) is 16.6 Å². The summed E-state index contributed by atoms with van der Waals surface area (Å²) in [5, 5.41) is 3.49. The molecule has 0 unspecified atom stereocenters. The Hall–Kier alpha value is -1.69. The molecular formula is C19H24N2O2S. The van der Waals surface area contributed by atoms with Gasteiger partial charge in [-0.1, -0.05) is 48.5 Å². The Bertz CT molecular complexity index is 724. The molecule has 24 heavy (non-hydrogen) atoms. The summed E-state index contributed by atoms with van der Waals surface area (Å²) in [5.74, 6) is 0.538. The minimum Gasteiger partial charge on any atom is -0.312 e. The number of piperidine rings is 1. The van der Waals surface area contributed by atoms with Crippen molar-refractivity contribution < 1.29 is 8.42 Å². The molecule has 128 valence electrons. The molecule has 4 nitrogen and oxygen atoms in total. The third kappa shape index (κ3) is 4.23. The Morgan fingerprint density at radius 3 is 2.12 bits per heavy atom. The average molecular weight is 344 g/mol. The highest BCUT2D eigenvalue weighted by Crippen LogP contribution is 2.23. The summed E-state index contributed by atoms with van der Waals surface area (Å²) in [4.78, 5) is 0.394. The second-order valence-corrected chi connectivity index (χ2v) is 8.21. The van der Waals surface area contributed by atoms with E-state index < -0.39 is 10.0 Å². The molecule has 1 aliphatic rings. The molecule has 3 rings (SSSR count). The summed E-state index contributed by atoms with van der Waals surface area (Å²) < 4.78 is 26.8. The van der Waals surface area contributed by atoms with Gasteiger partial charge in [0.1, 0.15) is 0 Å². The minimum atomic E-state index is -3.34. The smallest absolute Gasteiger partial charge is 0.243 e. The molecule has 1 saturated heterocycles. The number of nitrogens with zero attached hydrogens (tertiary/aromatic N) is 1. The van der Waals surface area contributed by atoms with Crippen LogP contribution in [0.5, 0.6) is 0 Å². The lowest BCUT2D eigenvalue weighted by atomic mass is 9.98. The van der Waals surface area contributed by atoms with E-state index in [4.69, 9.17) is 0 Å². The summed E-state index contributed by atoms with van der Waals surface area (Å²) in [6, 6.07) is 19.1. The molecular weight excluding hydrogens is 320 g/mol. The molecule has 0 atom stereocenters. The van der Waals surface area contributed by atoms with Crippen LogP contribution in [-0.4, -0.2) is 32.4 Å². The van der Waals surface area contributed by atoms with Crippen LogP contribution in [0, 0.1) is 5.92 Å². The highest BCUT2D eigenvalue weighted by Gasteiger charge is 2.28. The number of hydrogen-bond acceptors (Lipinski definition) is 3. The van der Waals surface area contributed by atoms with Crippen molar-refractivity contribution in [2.24, 2.45) is 5.92 Å². The molecule has 2 aromatic carbocycles. The lowest BCUT2D eigenvalue weighted by molar-refractivity contribution is 0.267. The lowest BCUT2D eigenvalue weighted by Crippen LogP contribution is -2.40. The Morgan fingerprint density at radius 2 is 1.50 bits per heavy atom. The van der Waals surface area contributed by atoms with Gasteiger partial charge in [0.15, 0.2) is 0 Å². The maximum absolute atomic E-state index is 12.6. The fraction of sp³-hybridized carbons (Fsp3) is 0.368. The van der Waals surface area contributed by atoms with Crippen LogP contribution >= 0.6 is 0 Å². The van der Waals surface area contributed by atoms with Crippen LogP contribution in [0.25, 0.3) is 0 Å². The van der Waals surface area contributed by atoms with E-state index in [1.54, 1.807) is 28.6 Å². The molecule has 2 aromatic rings. The van der Waals surface area contributed by atoms with Gasteiger partial charge in [0.25, 0.3) is 0 Å². The number of hydrogen-bond donors (Lipinski definition) is 1. The fourth-order valence-corrected chi connectivity index (χ4v) is 4.60. The van der Waals surface area contributed by atoms with Gasteiger partial charge in [-0.3, -0.25) is 0 Å². The highest BCUT2D eigenvalue weighted by atomic mass is 32.2. The molecule has 1 heterocycles. The van der Waals surface area contributed by atoms with E-state index in [2.05, 4.69) is 17.4 Å². The van der Waals surface area contributed by atoms with E-state index in [0.29, 0.717) is 23.9 Å². The van der Waals surface area contributed by atoms with Crippen LogP contribution in [0.3, 0.4) is 0 Å². The van der Waals surface area contributed by atoms with Crippen LogP contribution in [0.15, 0.2) is 65.6 Å². The predicted octanol–water partition coefficient (Wildman–Crippen LogP) is 2.88. The lowest BCUT2D eigenvalue weighted by Gasteiger charge is -2.31. The molecule has 0 spiro atoms. The van der Waals surface area contributed by atoms with Crippen molar-refractivity contribution in [3.63, 3.8) is 0 Å². The van der Waals surface area contributed by atoms with Gasteiger partial charge in [0.05, 0.1) is 4.90 Å². The Labute approximate surface area is 144 Å². The Kier molecular flexibility index (Phi) is 5.66. The molecule has 0 saturated carbocycles. The molecule has 0 aromatic heterocycles. The first-order valence-corrected chi connectivity index (χ1v) is 9.90. The topological polar surface area (TPSA) is 49.4 Å². The highest BCUT2D eigenvalue weighted by molar-refractivity contribution is 7.89. The molecule has 1 fully saturated rings. The van der Waals surface area contributed by atoms with Gasteiger partial charge >= 0.3 is 0 Å². The van der Waals surface area contributed by atoms with Crippen molar-refractivity contribution in [1.29, 1.82) is 0 Å². The average Bonchev–Trinajstić information content (AvgIpc) is 2.64. The Balaban J connectivity index is 1.47. The van der Waals surface area contributed by atoms with Crippen molar-refractivity contribution in [3.05, 3.63) is 66.2 Å². The van der Waals surface area contributed by atoms with Gasteiger partial charge in [-0.2, -0.15) is 4.31 Å². The van der Waals surface area contributed by atoms with Gasteiger partial charge in [-0.25, -0.2) is 8.42 Å². The fourth-order valence-electron chi connectivity index (χ4n) is 3.11. The monoisotopic (exact) mass is 344 g/mol. The maximum Gasteiger partial charge on any atom is 0.243 e. The van der Waals surface area contributed by atoms with E-state index >= 15 is 0 Å². The van der Waals surface area contributed by atoms with Gasteiger partial charge in [0, 0.05) is 19.6 Å². The van der Waals surface area contributed by atoms with Gasteiger partial charge in [-0.05, 0) is 43.0 Å². The summed E-state index contributed by atoms with van der Waals surface area (Å²) in [5.41, 5.74) is 1.28. The second-order valence-electron chi connectivity index (χ2n) is 6.28. The van der Waals surface area contributed by atoms with Crippen LogP contribution in [0.4, 0.5) is 0 Å². The second kappa shape index (κ2) is 7.92. The van der Waals surface area contributed by atoms with Crippen LogP contribution < -0.4 is 5.32 Å². The number of benzene rings is 2.